The van der Waals surface area contributed by atoms with E-state index >= 15 is 0 Å². The fraction of sp³-hybridized carbons (Fsp3) is 0.0357. The van der Waals surface area contributed by atoms with Gasteiger partial charge in [-0.1, -0.05) is 177 Å². The van der Waals surface area contributed by atoms with Crippen molar-refractivity contribution in [2.24, 2.45) is 0 Å². The first-order chi connectivity index (χ1) is 28.5. The highest BCUT2D eigenvalue weighted by molar-refractivity contribution is 7.03. The third kappa shape index (κ3) is 4.89. The Hall–Kier alpha value is -7.00. The van der Waals surface area contributed by atoms with E-state index in [1.54, 1.807) is 0 Å². The number of benzene rings is 10. The Morgan fingerprint density at radius 2 is 0.707 bits per heavy atom. The minimum Gasteiger partial charge on any atom is -0.309 e. The Morgan fingerprint density at radius 1 is 0.310 bits per heavy atom. The lowest BCUT2D eigenvalue weighted by atomic mass is 9.95. The minimum atomic E-state index is -2.06. The summed E-state index contributed by atoms with van der Waals surface area (Å²) in [6.45, 7) is 5.07. The third-order valence-corrected chi connectivity index (χ3v) is 16.5. The van der Waals surface area contributed by atoms with Crippen LogP contribution in [-0.2, 0) is 0 Å². The Labute approximate surface area is 339 Å². The molecule has 1 aliphatic heterocycles. The van der Waals surface area contributed by atoms with E-state index in [0.29, 0.717) is 0 Å². The van der Waals surface area contributed by atoms with E-state index in [4.69, 9.17) is 0 Å². The van der Waals surface area contributed by atoms with E-state index in [-0.39, 0.29) is 0 Å². The maximum Gasteiger partial charge on any atom is 0.113 e. The first kappa shape index (κ1) is 33.2. The van der Waals surface area contributed by atoms with Crippen LogP contribution in [0.15, 0.2) is 200 Å². The number of hydrogen-bond acceptors (Lipinski definition) is 0. The van der Waals surface area contributed by atoms with Gasteiger partial charge in [0.05, 0.1) is 11.0 Å². The first-order valence-corrected chi connectivity index (χ1v) is 23.3. The second-order valence-electron chi connectivity index (χ2n) is 16.5. The molecule has 0 atom stereocenters. The molecule has 58 heavy (non-hydrogen) atoms. The van der Waals surface area contributed by atoms with Gasteiger partial charge in [0.1, 0.15) is 8.07 Å². The van der Waals surface area contributed by atoms with Gasteiger partial charge in [-0.25, -0.2) is 0 Å². The van der Waals surface area contributed by atoms with Crippen LogP contribution in [0.3, 0.4) is 0 Å². The fourth-order valence-corrected chi connectivity index (χ4v) is 13.2. The Bertz CT molecular complexity index is 3340. The molecule has 1 aliphatic rings. The van der Waals surface area contributed by atoms with Crippen molar-refractivity contribution in [3.05, 3.63) is 200 Å². The smallest absolute Gasteiger partial charge is 0.113 e. The number of rotatable bonds is 4. The number of hydrogen-bond donors (Lipinski definition) is 0. The van der Waals surface area contributed by atoms with Crippen LogP contribution in [0.1, 0.15) is 0 Å². The number of nitrogens with zero attached hydrogens (tertiary/aromatic N) is 1. The van der Waals surface area contributed by atoms with Crippen LogP contribution >= 0.6 is 0 Å². The van der Waals surface area contributed by atoms with Crippen LogP contribution < -0.4 is 10.4 Å². The highest BCUT2D eigenvalue weighted by Crippen LogP contribution is 2.41. The zero-order chi connectivity index (χ0) is 38.5. The van der Waals surface area contributed by atoms with Crippen LogP contribution in [-0.4, -0.2) is 12.6 Å². The van der Waals surface area contributed by atoms with Crippen molar-refractivity contribution >= 4 is 72.6 Å². The Balaban J connectivity index is 1.05. The zero-order valence-corrected chi connectivity index (χ0v) is 33.5. The molecule has 1 nitrogen and oxygen atoms in total. The van der Waals surface area contributed by atoms with Gasteiger partial charge < -0.3 is 4.57 Å². The number of fused-ring (bicyclic) bond motifs is 9. The average Bonchev–Trinajstić information content (AvgIpc) is 3.72. The molecule has 0 unspecified atom stereocenters. The topological polar surface area (TPSA) is 4.93 Å². The summed E-state index contributed by atoms with van der Waals surface area (Å²) in [6, 6.07) is 74.9. The summed E-state index contributed by atoms with van der Waals surface area (Å²) in [6.07, 6.45) is 0. The van der Waals surface area contributed by atoms with Crippen molar-refractivity contribution in [2.45, 2.75) is 13.1 Å². The van der Waals surface area contributed by atoms with Crippen molar-refractivity contribution < 1.29 is 0 Å². The lowest BCUT2D eigenvalue weighted by molar-refractivity contribution is 1.18. The molecule has 2 heterocycles. The Kier molecular flexibility index (Phi) is 7.15. The summed E-state index contributed by atoms with van der Waals surface area (Å²) in [7, 11) is -2.06. The van der Waals surface area contributed by atoms with Crippen molar-refractivity contribution in [3.63, 3.8) is 0 Å². The molecule has 0 radical (unpaired) electrons. The molecule has 0 saturated heterocycles. The quantitative estimate of drug-likeness (QED) is 0.158. The molecule has 0 aliphatic carbocycles. The Morgan fingerprint density at radius 3 is 1.21 bits per heavy atom. The second kappa shape index (κ2) is 12.5. The molecule has 0 bridgehead atoms. The summed E-state index contributed by atoms with van der Waals surface area (Å²) >= 11 is 0. The van der Waals surface area contributed by atoms with Crippen LogP contribution in [0.5, 0.6) is 0 Å². The molecule has 0 saturated carbocycles. The van der Waals surface area contributed by atoms with Gasteiger partial charge >= 0.3 is 0 Å². The maximum absolute atomic E-state index is 2.53. The average molecular weight is 754 g/mol. The predicted molar refractivity (Wildman–Crippen MR) is 252 cm³/mol. The molecule has 2 heteroatoms. The monoisotopic (exact) mass is 753 g/mol. The van der Waals surface area contributed by atoms with E-state index in [1.807, 2.05) is 0 Å². The molecular weight excluding hydrogens is 715 g/mol. The molecule has 1 aromatic heterocycles. The fourth-order valence-electron chi connectivity index (χ4n) is 10.1. The van der Waals surface area contributed by atoms with Crippen LogP contribution in [0.25, 0.3) is 104 Å². The van der Waals surface area contributed by atoms with E-state index in [2.05, 4.69) is 218 Å². The standard InChI is InChI=1S/C56H39NSi/c1-58(2)55-34-41(48-23-11-17-38-14-5-8-20-45(38)48)24-28-49(55)50-29-27-42(35-56(50)58)57-53-30-25-39(46-21-9-15-36-12-3-6-18-43(36)46)32-51(53)52-33-40(26-31-54(52)57)47-22-10-16-37-13-4-7-19-44(37)47/h3-35H,1-2H3. The van der Waals surface area contributed by atoms with Gasteiger partial charge in [-0.05, 0) is 124 Å². The summed E-state index contributed by atoms with van der Waals surface area (Å²) in [4.78, 5) is 0. The largest absolute Gasteiger partial charge is 0.309 e. The first-order valence-electron chi connectivity index (χ1n) is 20.3. The normalized spacial score (nSPS) is 13.1. The maximum atomic E-state index is 2.53. The van der Waals surface area contributed by atoms with E-state index < -0.39 is 8.07 Å². The third-order valence-electron chi connectivity index (χ3n) is 13.0. The van der Waals surface area contributed by atoms with Crippen molar-refractivity contribution in [2.75, 3.05) is 0 Å². The molecule has 12 rings (SSSR count). The molecule has 0 amide bonds. The van der Waals surface area contributed by atoms with Crippen molar-refractivity contribution in [1.82, 2.24) is 4.57 Å². The molecule has 272 valence electrons. The molecule has 0 spiro atoms. The van der Waals surface area contributed by atoms with Gasteiger partial charge in [0.25, 0.3) is 0 Å². The van der Waals surface area contributed by atoms with Crippen LogP contribution in [0, 0.1) is 0 Å². The van der Waals surface area contributed by atoms with Gasteiger partial charge in [0.15, 0.2) is 0 Å². The number of aromatic nitrogens is 1. The summed E-state index contributed by atoms with van der Waals surface area (Å²) in [5.41, 5.74) is 14.0. The summed E-state index contributed by atoms with van der Waals surface area (Å²) in [5.74, 6) is 0. The van der Waals surface area contributed by atoms with Crippen molar-refractivity contribution in [1.29, 1.82) is 0 Å². The van der Waals surface area contributed by atoms with Crippen molar-refractivity contribution in [3.8, 4) is 50.2 Å². The lowest BCUT2D eigenvalue weighted by Crippen LogP contribution is -2.49. The SMILES string of the molecule is C[Si]1(C)c2cc(-c3cccc4ccccc34)ccc2-c2ccc(-n3c4ccc(-c5cccc6ccccc56)cc4c4cc(-c5cccc6ccccc56)ccc43)cc21. The van der Waals surface area contributed by atoms with Crippen LogP contribution in [0.4, 0.5) is 0 Å². The molecule has 10 aromatic carbocycles. The van der Waals surface area contributed by atoms with Gasteiger partial charge in [-0.3, -0.25) is 0 Å². The summed E-state index contributed by atoms with van der Waals surface area (Å²) in [5, 5.41) is 13.2. The second-order valence-corrected chi connectivity index (χ2v) is 20.8. The van der Waals surface area contributed by atoms with E-state index in [9.17, 15) is 0 Å². The molecule has 0 N–H and O–H groups in total. The minimum absolute atomic E-state index is 1.22. The van der Waals surface area contributed by atoms with Gasteiger partial charge in [0.2, 0.25) is 0 Å². The summed E-state index contributed by atoms with van der Waals surface area (Å²) < 4.78 is 2.51. The highest BCUT2D eigenvalue weighted by Gasteiger charge is 2.38. The zero-order valence-electron chi connectivity index (χ0n) is 32.5. The molecule has 11 aromatic rings. The lowest BCUT2D eigenvalue weighted by Gasteiger charge is -2.21. The van der Waals surface area contributed by atoms with E-state index in [1.165, 1.54) is 115 Å². The predicted octanol–water partition coefficient (Wildman–Crippen LogP) is 14.0. The van der Waals surface area contributed by atoms with E-state index in [0.717, 1.165) is 0 Å². The molecular formula is C56H39NSi. The van der Waals surface area contributed by atoms with Gasteiger partial charge in [0, 0.05) is 16.5 Å². The van der Waals surface area contributed by atoms with Crippen LogP contribution in [0.2, 0.25) is 13.1 Å². The molecule has 0 fully saturated rings. The highest BCUT2D eigenvalue weighted by atomic mass is 28.3. The van der Waals surface area contributed by atoms with Gasteiger partial charge in [-0.15, -0.1) is 0 Å². The van der Waals surface area contributed by atoms with Gasteiger partial charge in [-0.2, -0.15) is 0 Å².